The molecule has 1 aliphatic heterocycles. The first-order valence-electron chi connectivity index (χ1n) is 7.12. The average Bonchev–Trinajstić information content (AvgIpc) is 2.88. The fourth-order valence-electron chi connectivity index (χ4n) is 2.55. The number of rotatable bonds is 6. The number of aromatic nitrogens is 3. The summed E-state index contributed by atoms with van der Waals surface area (Å²) in [6.45, 7) is 6.64. The quantitative estimate of drug-likeness (QED) is 0.793. The molecule has 1 aromatic heterocycles. The molecule has 8 heteroatoms. The molecule has 0 amide bonds. The summed E-state index contributed by atoms with van der Waals surface area (Å²) in [5, 5.41) is 17.8. The molecule has 21 heavy (non-hydrogen) atoms. The predicted molar refractivity (Wildman–Crippen MR) is 80.8 cm³/mol. The number of ether oxygens (including phenoxy) is 1. The van der Waals surface area contributed by atoms with Crippen LogP contribution in [0.4, 0.5) is 5.95 Å². The van der Waals surface area contributed by atoms with Crippen molar-refractivity contribution < 1.29 is 14.6 Å². The molecule has 7 nitrogen and oxygen atoms in total. The van der Waals surface area contributed by atoms with E-state index in [-0.39, 0.29) is 11.9 Å². The summed E-state index contributed by atoms with van der Waals surface area (Å²) in [6, 6.07) is 0. The molecule has 1 aliphatic rings. The Morgan fingerprint density at radius 3 is 2.90 bits per heavy atom. The zero-order valence-corrected chi connectivity index (χ0v) is 13.5. The van der Waals surface area contributed by atoms with Gasteiger partial charge in [0.15, 0.2) is 5.16 Å². The van der Waals surface area contributed by atoms with Crippen molar-refractivity contribution in [2.75, 3.05) is 30.9 Å². The molecule has 1 aromatic rings. The molecule has 118 valence electrons. The number of carboxylic acid groups (broad SMARTS) is 1. The minimum absolute atomic E-state index is 0.00410. The summed E-state index contributed by atoms with van der Waals surface area (Å²) < 4.78 is 7.50. The first kappa shape index (κ1) is 16.1. The average molecular weight is 314 g/mol. The molecule has 1 saturated heterocycles. The number of nitrogens with zero attached hydrogens (tertiary/aromatic N) is 4. The summed E-state index contributed by atoms with van der Waals surface area (Å²) in [5.74, 6) is 0.485. The maximum atomic E-state index is 10.7. The first-order chi connectivity index (χ1) is 10.1. The van der Waals surface area contributed by atoms with Crippen LogP contribution in [0.3, 0.4) is 0 Å². The predicted octanol–water partition coefficient (Wildman–Crippen LogP) is 1.34. The monoisotopic (exact) mass is 314 g/mol. The van der Waals surface area contributed by atoms with E-state index >= 15 is 0 Å². The van der Waals surface area contributed by atoms with E-state index < -0.39 is 5.97 Å². The van der Waals surface area contributed by atoms with E-state index in [1.165, 1.54) is 11.8 Å². The highest BCUT2D eigenvalue weighted by Gasteiger charge is 2.29. The second kappa shape index (κ2) is 7.13. The van der Waals surface area contributed by atoms with Crippen molar-refractivity contribution in [3.8, 4) is 0 Å². The van der Waals surface area contributed by atoms with Gasteiger partial charge in [0.05, 0.1) is 11.9 Å². The van der Waals surface area contributed by atoms with Crippen LogP contribution in [0.2, 0.25) is 0 Å². The topological polar surface area (TPSA) is 80.5 Å². The zero-order valence-electron chi connectivity index (χ0n) is 12.7. The van der Waals surface area contributed by atoms with Crippen LogP contribution in [-0.4, -0.2) is 57.9 Å². The number of carbonyl (C=O) groups is 1. The van der Waals surface area contributed by atoms with Crippen molar-refractivity contribution in [3.05, 3.63) is 0 Å². The summed E-state index contributed by atoms with van der Waals surface area (Å²) in [6.07, 6.45) is 1.24. The third-order valence-corrected chi connectivity index (χ3v) is 4.76. The fraction of sp³-hybridized carbons (Fsp3) is 0.769. The maximum Gasteiger partial charge on any atom is 0.313 e. The van der Waals surface area contributed by atoms with Crippen molar-refractivity contribution in [1.82, 2.24) is 14.8 Å². The van der Waals surface area contributed by atoms with Crippen LogP contribution in [0, 0.1) is 5.92 Å². The normalized spacial score (nSPS) is 22.5. The van der Waals surface area contributed by atoms with Gasteiger partial charge in [0, 0.05) is 26.7 Å². The van der Waals surface area contributed by atoms with Gasteiger partial charge in [0.25, 0.3) is 0 Å². The number of hydrogen-bond acceptors (Lipinski definition) is 6. The molecule has 0 spiro atoms. The van der Waals surface area contributed by atoms with Crippen LogP contribution < -0.4 is 4.90 Å². The molecule has 2 heterocycles. The van der Waals surface area contributed by atoms with E-state index in [1.54, 1.807) is 7.11 Å². The molecule has 0 bridgehead atoms. The molecular weight excluding hydrogens is 292 g/mol. The molecule has 1 fully saturated rings. The van der Waals surface area contributed by atoms with Crippen LogP contribution in [0.25, 0.3) is 0 Å². The van der Waals surface area contributed by atoms with E-state index in [4.69, 9.17) is 9.84 Å². The van der Waals surface area contributed by atoms with Gasteiger partial charge in [-0.3, -0.25) is 9.36 Å². The van der Waals surface area contributed by atoms with E-state index in [9.17, 15) is 4.79 Å². The zero-order chi connectivity index (χ0) is 15.4. The van der Waals surface area contributed by atoms with Gasteiger partial charge < -0.3 is 14.7 Å². The third kappa shape index (κ3) is 3.68. The first-order valence-corrected chi connectivity index (χ1v) is 8.10. The maximum absolute atomic E-state index is 10.7. The number of piperidine rings is 1. The second-order valence-electron chi connectivity index (χ2n) is 5.20. The minimum atomic E-state index is -0.849. The van der Waals surface area contributed by atoms with Gasteiger partial charge in [0.2, 0.25) is 5.95 Å². The number of anilines is 1. The lowest BCUT2D eigenvalue weighted by Crippen LogP contribution is -2.45. The van der Waals surface area contributed by atoms with Gasteiger partial charge in [-0.05, 0) is 19.3 Å². The largest absolute Gasteiger partial charge is 0.481 e. The smallest absolute Gasteiger partial charge is 0.313 e. The van der Waals surface area contributed by atoms with Crippen LogP contribution >= 0.6 is 11.8 Å². The van der Waals surface area contributed by atoms with Crippen LogP contribution in [0.5, 0.6) is 0 Å². The number of carboxylic acids is 1. The lowest BCUT2D eigenvalue weighted by molar-refractivity contribution is -0.133. The van der Waals surface area contributed by atoms with Gasteiger partial charge in [-0.1, -0.05) is 18.7 Å². The molecule has 2 atom stereocenters. The number of methoxy groups -OCH3 is 1. The van der Waals surface area contributed by atoms with Gasteiger partial charge >= 0.3 is 5.97 Å². The number of aliphatic carboxylic acids is 1. The van der Waals surface area contributed by atoms with Crippen molar-refractivity contribution in [1.29, 1.82) is 0 Å². The van der Waals surface area contributed by atoms with E-state index in [1.807, 2.05) is 11.5 Å². The third-order valence-electron chi connectivity index (χ3n) is 3.81. The SMILES string of the molecule is CCn1c(SCC(=O)O)nnc1N1CCC(C)C(OC)C1. The minimum Gasteiger partial charge on any atom is -0.481 e. The Balaban J connectivity index is 2.14. The van der Waals surface area contributed by atoms with Crippen molar-refractivity contribution in [2.45, 2.75) is 38.1 Å². The Kier molecular flexibility index (Phi) is 5.46. The number of thioether (sulfide) groups is 1. The second-order valence-corrected chi connectivity index (χ2v) is 6.14. The summed E-state index contributed by atoms with van der Waals surface area (Å²) in [5.41, 5.74) is 0. The van der Waals surface area contributed by atoms with Gasteiger partial charge in [-0.15, -0.1) is 10.2 Å². The summed E-state index contributed by atoms with van der Waals surface area (Å²) in [7, 11) is 1.74. The standard InChI is InChI=1S/C13H22N4O3S/c1-4-17-12(14-15-13(17)21-8-11(18)19)16-6-5-9(2)10(7-16)20-3/h9-10H,4-8H2,1-3H3,(H,18,19). The Labute approximate surface area is 128 Å². The molecular formula is C13H22N4O3S. The Bertz CT molecular complexity index is 494. The van der Waals surface area contributed by atoms with Crippen LogP contribution in [0.15, 0.2) is 5.16 Å². The van der Waals surface area contributed by atoms with Crippen molar-refractivity contribution in [3.63, 3.8) is 0 Å². The van der Waals surface area contributed by atoms with Gasteiger partial charge in [0.1, 0.15) is 0 Å². The summed E-state index contributed by atoms with van der Waals surface area (Å²) in [4.78, 5) is 12.9. The van der Waals surface area contributed by atoms with Gasteiger partial charge in [-0.2, -0.15) is 0 Å². The fourth-order valence-corrected chi connectivity index (χ4v) is 3.26. The Morgan fingerprint density at radius 1 is 1.52 bits per heavy atom. The van der Waals surface area contributed by atoms with Crippen LogP contribution in [-0.2, 0) is 16.1 Å². The highest BCUT2D eigenvalue weighted by Crippen LogP contribution is 2.26. The number of hydrogen-bond donors (Lipinski definition) is 1. The van der Waals surface area contributed by atoms with Gasteiger partial charge in [-0.25, -0.2) is 0 Å². The van der Waals surface area contributed by atoms with Crippen molar-refractivity contribution in [2.24, 2.45) is 5.92 Å². The van der Waals surface area contributed by atoms with Crippen molar-refractivity contribution >= 4 is 23.7 Å². The highest BCUT2D eigenvalue weighted by molar-refractivity contribution is 7.99. The van der Waals surface area contributed by atoms with Crippen LogP contribution in [0.1, 0.15) is 20.3 Å². The molecule has 0 aromatic carbocycles. The molecule has 2 unspecified atom stereocenters. The highest BCUT2D eigenvalue weighted by atomic mass is 32.2. The lowest BCUT2D eigenvalue weighted by atomic mass is 9.96. The Hall–Kier alpha value is -1.28. The molecule has 0 saturated carbocycles. The molecule has 0 radical (unpaired) electrons. The molecule has 0 aliphatic carbocycles. The Morgan fingerprint density at radius 2 is 2.29 bits per heavy atom. The van der Waals surface area contributed by atoms with E-state index in [0.29, 0.717) is 17.6 Å². The van der Waals surface area contributed by atoms with E-state index in [0.717, 1.165) is 25.5 Å². The molecule has 2 rings (SSSR count). The van der Waals surface area contributed by atoms with E-state index in [2.05, 4.69) is 22.0 Å². The lowest BCUT2D eigenvalue weighted by Gasteiger charge is -2.36. The molecule has 1 N–H and O–H groups in total. The summed E-state index contributed by atoms with van der Waals surface area (Å²) >= 11 is 1.20.